The van der Waals surface area contributed by atoms with Gasteiger partial charge < -0.3 is 0 Å². The van der Waals surface area contributed by atoms with E-state index >= 15 is 0 Å². The summed E-state index contributed by atoms with van der Waals surface area (Å²) in [5.74, 6) is 0.348. The quantitative estimate of drug-likeness (QED) is 0.432. The highest BCUT2D eigenvalue weighted by Gasteiger charge is 2.31. The highest BCUT2D eigenvalue weighted by Crippen LogP contribution is 2.43. The SMILES string of the molecule is CN(Sc1ccc(Cl)cc1)S(=O)(=O)c1ccc(C(CC(C)(C)C)C(C)(C)C)cc1. The Morgan fingerprint density at radius 3 is 1.90 bits per heavy atom. The summed E-state index contributed by atoms with van der Waals surface area (Å²) in [4.78, 5) is 1.11. The van der Waals surface area contributed by atoms with Crippen LogP contribution in [0.4, 0.5) is 0 Å². The lowest BCUT2D eigenvalue weighted by atomic mass is 9.69. The maximum absolute atomic E-state index is 13.0. The summed E-state index contributed by atoms with van der Waals surface area (Å²) in [6.45, 7) is 13.5. The van der Waals surface area contributed by atoms with Gasteiger partial charge in [0.05, 0.1) is 4.90 Å². The molecule has 0 fully saturated rings. The lowest BCUT2D eigenvalue weighted by Gasteiger charge is -2.36. The third-order valence-corrected chi connectivity index (χ3v) is 8.18. The summed E-state index contributed by atoms with van der Waals surface area (Å²) in [5.41, 5.74) is 1.46. The third kappa shape index (κ3) is 6.74. The fourth-order valence-corrected chi connectivity index (χ4v) is 5.62. The Hall–Kier alpha value is -1.01. The molecule has 0 spiro atoms. The van der Waals surface area contributed by atoms with Gasteiger partial charge in [0.25, 0.3) is 10.0 Å². The summed E-state index contributed by atoms with van der Waals surface area (Å²) in [5, 5.41) is 0.624. The van der Waals surface area contributed by atoms with E-state index < -0.39 is 10.0 Å². The van der Waals surface area contributed by atoms with E-state index in [1.807, 2.05) is 24.3 Å². The van der Waals surface area contributed by atoms with Crippen molar-refractivity contribution >= 4 is 33.6 Å². The molecule has 6 heteroatoms. The van der Waals surface area contributed by atoms with Gasteiger partial charge in [0.15, 0.2) is 0 Å². The molecule has 160 valence electrons. The second-order valence-electron chi connectivity index (χ2n) is 9.71. The molecule has 0 aliphatic rings. The molecule has 1 atom stereocenters. The lowest BCUT2D eigenvalue weighted by molar-refractivity contribution is 0.229. The number of hydrogen-bond acceptors (Lipinski definition) is 3. The van der Waals surface area contributed by atoms with Crippen molar-refractivity contribution in [3.05, 3.63) is 59.1 Å². The van der Waals surface area contributed by atoms with Crippen molar-refractivity contribution in [1.82, 2.24) is 3.71 Å². The van der Waals surface area contributed by atoms with Crippen LogP contribution in [0.5, 0.6) is 0 Å². The summed E-state index contributed by atoms with van der Waals surface area (Å²) in [7, 11) is -2.03. The molecule has 0 heterocycles. The Balaban J connectivity index is 2.25. The van der Waals surface area contributed by atoms with E-state index in [0.717, 1.165) is 23.3 Å². The van der Waals surface area contributed by atoms with E-state index in [1.54, 1.807) is 31.3 Å². The van der Waals surface area contributed by atoms with Gasteiger partial charge in [-0.3, -0.25) is 0 Å². The molecule has 0 saturated heterocycles. The van der Waals surface area contributed by atoms with E-state index in [-0.39, 0.29) is 10.8 Å². The molecule has 2 aromatic rings. The second-order valence-corrected chi connectivity index (χ2v) is 13.6. The van der Waals surface area contributed by atoms with Crippen molar-refractivity contribution in [2.24, 2.45) is 10.8 Å². The normalized spacial score (nSPS) is 14.2. The molecule has 0 bridgehead atoms. The number of halogens is 1. The van der Waals surface area contributed by atoms with Gasteiger partial charge in [0.1, 0.15) is 0 Å². The van der Waals surface area contributed by atoms with Crippen molar-refractivity contribution in [3.63, 3.8) is 0 Å². The Labute approximate surface area is 186 Å². The number of rotatable bonds is 6. The van der Waals surface area contributed by atoms with Crippen molar-refractivity contribution in [3.8, 4) is 0 Å². The average Bonchev–Trinajstić information content (AvgIpc) is 2.60. The van der Waals surface area contributed by atoms with Crippen LogP contribution in [-0.4, -0.2) is 19.2 Å². The molecular formula is C23H32ClNO2S2. The van der Waals surface area contributed by atoms with Crippen LogP contribution < -0.4 is 0 Å². The van der Waals surface area contributed by atoms with Crippen molar-refractivity contribution in [2.75, 3.05) is 7.05 Å². The van der Waals surface area contributed by atoms with Gasteiger partial charge in [-0.25, -0.2) is 8.42 Å². The fraction of sp³-hybridized carbons (Fsp3) is 0.478. The van der Waals surface area contributed by atoms with Crippen LogP contribution in [-0.2, 0) is 10.0 Å². The zero-order chi connectivity index (χ0) is 22.0. The largest absolute Gasteiger partial charge is 0.252 e. The lowest BCUT2D eigenvalue weighted by Crippen LogP contribution is -2.24. The first-order chi connectivity index (χ1) is 13.2. The molecule has 2 rings (SSSR count). The van der Waals surface area contributed by atoms with Gasteiger partial charge in [-0.1, -0.05) is 65.3 Å². The number of sulfonamides is 1. The Kier molecular flexibility index (Phi) is 7.54. The third-order valence-electron chi connectivity index (χ3n) is 4.83. The van der Waals surface area contributed by atoms with Gasteiger partial charge >= 0.3 is 0 Å². The Morgan fingerprint density at radius 1 is 0.931 bits per heavy atom. The highest BCUT2D eigenvalue weighted by molar-refractivity contribution is 8.08. The Morgan fingerprint density at radius 2 is 1.45 bits per heavy atom. The first-order valence-electron chi connectivity index (χ1n) is 9.72. The second kappa shape index (κ2) is 9.01. The van der Waals surface area contributed by atoms with Gasteiger partial charge in [0.2, 0.25) is 0 Å². The maximum atomic E-state index is 13.0. The zero-order valence-electron chi connectivity index (χ0n) is 18.4. The fourth-order valence-electron chi connectivity index (χ4n) is 3.25. The van der Waals surface area contributed by atoms with E-state index in [9.17, 15) is 8.42 Å². The molecule has 0 aliphatic carbocycles. The first-order valence-corrected chi connectivity index (χ1v) is 12.3. The standard InChI is InChI=1S/C23H32ClNO2S2/c1-22(2,3)16-21(23(4,5)6)17-8-14-20(15-9-17)29(26,27)25(7)28-19-12-10-18(24)11-13-19/h8-15,21H,16H2,1-7H3. The molecule has 0 aromatic heterocycles. The molecule has 3 nitrogen and oxygen atoms in total. The molecular weight excluding hydrogens is 422 g/mol. The van der Waals surface area contributed by atoms with Crippen LogP contribution in [0.3, 0.4) is 0 Å². The van der Waals surface area contributed by atoms with Crippen molar-refractivity contribution < 1.29 is 8.42 Å². The monoisotopic (exact) mass is 453 g/mol. The predicted molar refractivity (Wildman–Crippen MR) is 125 cm³/mol. The van der Waals surface area contributed by atoms with Gasteiger partial charge in [0, 0.05) is 17.0 Å². The minimum absolute atomic E-state index is 0.0922. The summed E-state index contributed by atoms with van der Waals surface area (Å²) in [6.07, 6.45) is 1.04. The molecule has 0 aliphatic heterocycles. The van der Waals surface area contributed by atoms with Gasteiger partial charge in [-0.2, -0.15) is 0 Å². The average molecular weight is 454 g/mol. The Bertz CT molecular complexity index is 909. The van der Waals surface area contributed by atoms with Crippen LogP contribution in [0.15, 0.2) is 58.3 Å². The van der Waals surface area contributed by atoms with E-state index in [1.165, 1.54) is 9.27 Å². The number of benzene rings is 2. The number of nitrogens with zero attached hydrogens (tertiary/aromatic N) is 1. The van der Waals surface area contributed by atoms with Gasteiger partial charge in [-0.15, -0.1) is 3.71 Å². The minimum Gasteiger partial charge on any atom is -0.206 e. The molecule has 0 radical (unpaired) electrons. The van der Waals surface area contributed by atoms with E-state index in [4.69, 9.17) is 11.6 Å². The van der Waals surface area contributed by atoms with E-state index in [2.05, 4.69) is 41.5 Å². The predicted octanol–water partition coefficient (Wildman–Crippen LogP) is 7.23. The summed E-state index contributed by atoms with van der Waals surface area (Å²) < 4.78 is 27.3. The summed E-state index contributed by atoms with van der Waals surface area (Å²) >= 11 is 7.07. The first kappa shape index (κ1) is 24.3. The smallest absolute Gasteiger partial charge is 0.206 e. The summed E-state index contributed by atoms with van der Waals surface area (Å²) in [6, 6.07) is 14.5. The van der Waals surface area contributed by atoms with Crippen molar-refractivity contribution in [2.45, 2.75) is 63.7 Å². The van der Waals surface area contributed by atoms with Crippen LogP contribution in [0.25, 0.3) is 0 Å². The molecule has 1 unspecified atom stereocenters. The maximum Gasteiger partial charge on any atom is 0.252 e. The van der Waals surface area contributed by atoms with Crippen LogP contribution in [0.2, 0.25) is 5.02 Å². The van der Waals surface area contributed by atoms with Crippen LogP contribution in [0.1, 0.15) is 59.4 Å². The van der Waals surface area contributed by atoms with Crippen LogP contribution in [0, 0.1) is 10.8 Å². The molecule has 2 aromatic carbocycles. The molecule has 0 amide bonds. The minimum atomic E-state index is -3.60. The van der Waals surface area contributed by atoms with Crippen molar-refractivity contribution in [1.29, 1.82) is 0 Å². The molecule has 0 N–H and O–H groups in total. The van der Waals surface area contributed by atoms with E-state index in [0.29, 0.717) is 15.8 Å². The number of hydrogen-bond donors (Lipinski definition) is 0. The zero-order valence-corrected chi connectivity index (χ0v) is 20.8. The molecule has 0 saturated carbocycles. The highest BCUT2D eigenvalue weighted by atomic mass is 35.5. The topological polar surface area (TPSA) is 37.4 Å². The van der Waals surface area contributed by atoms with Gasteiger partial charge in [-0.05, 0) is 77.1 Å². The van der Waals surface area contributed by atoms with Crippen LogP contribution >= 0.6 is 23.5 Å². The molecule has 29 heavy (non-hydrogen) atoms.